The van der Waals surface area contributed by atoms with E-state index in [9.17, 15) is 14.7 Å². The molecule has 0 saturated carbocycles. The van der Waals surface area contributed by atoms with Crippen LogP contribution in [0.1, 0.15) is 24.9 Å². The smallest absolute Gasteiger partial charge is 0.331 e. The summed E-state index contributed by atoms with van der Waals surface area (Å²) in [5, 5.41) is 16.3. The van der Waals surface area contributed by atoms with Gasteiger partial charge in [-0.1, -0.05) is 6.92 Å². The van der Waals surface area contributed by atoms with Gasteiger partial charge in [-0.05, 0) is 6.42 Å². The summed E-state index contributed by atoms with van der Waals surface area (Å²) in [7, 11) is 1.71. The number of aromatic nitrogens is 2. The molecule has 2 heterocycles. The third kappa shape index (κ3) is 3.90. The fourth-order valence-corrected chi connectivity index (χ4v) is 3.42. The van der Waals surface area contributed by atoms with Gasteiger partial charge in [-0.15, -0.1) is 0 Å². The van der Waals surface area contributed by atoms with Crippen LogP contribution in [0.3, 0.4) is 0 Å². The van der Waals surface area contributed by atoms with Gasteiger partial charge in [0.25, 0.3) is 0 Å². The summed E-state index contributed by atoms with van der Waals surface area (Å²) in [5.41, 5.74) is 0.469. The molecular weight excluding hydrogens is 292 g/mol. The summed E-state index contributed by atoms with van der Waals surface area (Å²) >= 11 is 1.86. The van der Waals surface area contributed by atoms with Gasteiger partial charge in [-0.3, -0.25) is 4.68 Å². The number of urea groups is 1. The van der Waals surface area contributed by atoms with Crippen molar-refractivity contribution in [3.8, 4) is 0 Å². The number of aliphatic carboxylic acids is 1. The van der Waals surface area contributed by atoms with Gasteiger partial charge in [-0.25, -0.2) is 9.59 Å². The van der Waals surface area contributed by atoms with E-state index in [2.05, 4.69) is 17.3 Å². The lowest BCUT2D eigenvalue weighted by molar-refractivity contribution is -0.139. The predicted molar refractivity (Wildman–Crippen MR) is 80.2 cm³/mol. The highest BCUT2D eigenvalue weighted by Crippen LogP contribution is 2.21. The minimum Gasteiger partial charge on any atom is -0.479 e. The minimum absolute atomic E-state index is 0.329. The first kappa shape index (κ1) is 15.7. The zero-order valence-electron chi connectivity index (χ0n) is 12.2. The first-order valence-corrected chi connectivity index (χ1v) is 7.94. The molecule has 21 heavy (non-hydrogen) atoms. The molecule has 2 N–H and O–H groups in total. The van der Waals surface area contributed by atoms with Crippen LogP contribution in [-0.2, 0) is 11.8 Å². The lowest BCUT2D eigenvalue weighted by Gasteiger charge is -2.32. The Morgan fingerprint density at radius 2 is 2.38 bits per heavy atom. The van der Waals surface area contributed by atoms with E-state index in [0.717, 1.165) is 12.2 Å². The van der Waals surface area contributed by atoms with Crippen LogP contribution in [0.2, 0.25) is 0 Å². The standard InChI is InChI=1S/C13H20N4O3S/c1-3-10-8-17(4-5-21-10)13(20)15-11(12(18)19)9-6-14-16(2)7-9/h6-7,10-11H,3-5,8H2,1-2H3,(H,15,20)(H,18,19). The summed E-state index contributed by atoms with van der Waals surface area (Å²) in [6.07, 6.45) is 4.05. The molecule has 2 rings (SSSR count). The van der Waals surface area contributed by atoms with Gasteiger partial charge in [0.15, 0.2) is 6.04 Å². The first-order chi connectivity index (χ1) is 10.0. The summed E-state index contributed by atoms with van der Waals surface area (Å²) in [6, 6.07) is -1.40. The van der Waals surface area contributed by atoms with Crippen molar-refractivity contribution in [2.45, 2.75) is 24.6 Å². The second kappa shape index (κ2) is 6.84. The van der Waals surface area contributed by atoms with Crippen molar-refractivity contribution >= 4 is 23.8 Å². The quantitative estimate of drug-likeness (QED) is 0.869. The van der Waals surface area contributed by atoms with Crippen LogP contribution in [0.25, 0.3) is 0 Å². The molecule has 2 unspecified atom stereocenters. The highest BCUT2D eigenvalue weighted by molar-refractivity contribution is 8.00. The molecular formula is C13H20N4O3S. The number of carbonyl (C=O) groups excluding carboxylic acids is 1. The Kier molecular flexibility index (Phi) is 5.11. The monoisotopic (exact) mass is 312 g/mol. The fraction of sp³-hybridized carbons (Fsp3) is 0.615. The van der Waals surface area contributed by atoms with Crippen LogP contribution in [0.5, 0.6) is 0 Å². The largest absolute Gasteiger partial charge is 0.479 e. The maximum Gasteiger partial charge on any atom is 0.331 e. The Hall–Kier alpha value is -1.70. The second-order valence-corrected chi connectivity index (χ2v) is 6.42. The highest BCUT2D eigenvalue weighted by Gasteiger charge is 2.28. The highest BCUT2D eigenvalue weighted by atomic mass is 32.2. The molecule has 2 amide bonds. The maximum atomic E-state index is 12.3. The molecule has 2 atom stereocenters. The van der Waals surface area contributed by atoms with Crippen LogP contribution >= 0.6 is 11.8 Å². The summed E-state index contributed by atoms with van der Waals surface area (Å²) in [5.74, 6) is -0.203. The average molecular weight is 312 g/mol. The summed E-state index contributed by atoms with van der Waals surface area (Å²) in [6.45, 7) is 3.40. The zero-order chi connectivity index (χ0) is 15.4. The van der Waals surface area contributed by atoms with Crippen molar-refractivity contribution in [3.63, 3.8) is 0 Å². The molecule has 1 aromatic heterocycles. The molecule has 8 heteroatoms. The van der Waals surface area contributed by atoms with Gasteiger partial charge in [0.05, 0.1) is 6.20 Å². The number of aryl methyl sites for hydroxylation is 1. The van der Waals surface area contributed by atoms with Gasteiger partial charge in [0.1, 0.15) is 0 Å². The van der Waals surface area contributed by atoms with Crippen LogP contribution < -0.4 is 5.32 Å². The van der Waals surface area contributed by atoms with Crippen LogP contribution in [0, 0.1) is 0 Å². The van der Waals surface area contributed by atoms with Gasteiger partial charge in [0.2, 0.25) is 0 Å². The number of rotatable bonds is 4. The number of carboxylic acids is 1. The Bertz CT molecular complexity index is 519. The SMILES string of the molecule is CCC1CN(C(=O)NC(C(=O)O)c2cnn(C)c2)CCS1. The Morgan fingerprint density at radius 3 is 2.95 bits per heavy atom. The molecule has 0 aliphatic carbocycles. The van der Waals surface area contributed by atoms with Gasteiger partial charge < -0.3 is 15.3 Å². The Morgan fingerprint density at radius 1 is 1.62 bits per heavy atom. The summed E-state index contributed by atoms with van der Waals surface area (Å²) < 4.78 is 1.52. The normalized spacial score (nSPS) is 20.1. The van der Waals surface area contributed by atoms with Crippen molar-refractivity contribution in [1.29, 1.82) is 0 Å². The van der Waals surface area contributed by atoms with Crippen LogP contribution in [0.4, 0.5) is 4.79 Å². The molecule has 1 aromatic rings. The van der Waals surface area contributed by atoms with E-state index >= 15 is 0 Å². The number of hydrogen-bond donors (Lipinski definition) is 2. The number of nitrogens with one attached hydrogen (secondary N) is 1. The number of hydrogen-bond acceptors (Lipinski definition) is 4. The maximum absolute atomic E-state index is 12.3. The zero-order valence-corrected chi connectivity index (χ0v) is 13.0. The van der Waals surface area contributed by atoms with Crippen molar-refractivity contribution in [2.24, 2.45) is 7.05 Å². The van der Waals surface area contributed by atoms with Crippen LogP contribution in [0.15, 0.2) is 12.4 Å². The molecule has 1 fully saturated rings. The molecule has 0 spiro atoms. The first-order valence-electron chi connectivity index (χ1n) is 6.89. The molecule has 0 bridgehead atoms. The molecule has 116 valence electrons. The topological polar surface area (TPSA) is 87.5 Å². The molecule has 1 aliphatic rings. The number of carboxylic acid groups (broad SMARTS) is 1. The van der Waals surface area contributed by atoms with Gasteiger partial charge >= 0.3 is 12.0 Å². The van der Waals surface area contributed by atoms with E-state index in [0.29, 0.717) is 23.9 Å². The van der Waals surface area contributed by atoms with Crippen LogP contribution in [-0.4, -0.2) is 55.9 Å². The number of amides is 2. The molecule has 7 nitrogen and oxygen atoms in total. The lowest BCUT2D eigenvalue weighted by atomic mass is 10.1. The number of carbonyl (C=O) groups is 2. The van der Waals surface area contributed by atoms with Crippen molar-refractivity contribution < 1.29 is 14.7 Å². The third-order valence-corrected chi connectivity index (χ3v) is 4.83. The lowest BCUT2D eigenvalue weighted by Crippen LogP contribution is -2.48. The second-order valence-electron chi connectivity index (χ2n) is 5.02. The third-order valence-electron chi connectivity index (χ3n) is 3.45. The van der Waals surface area contributed by atoms with E-state index in [1.54, 1.807) is 18.1 Å². The van der Waals surface area contributed by atoms with Gasteiger partial charge in [0, 0.05) is 42.9 Å². The molecule has 1 aliphatic heterocycles. The molecule has 1 saturated heterocycles. The number of thioether (sulfide) groups is 1. The predicted octanol–water partition coefficient (Wildman–Crippen LogP) is 1.08. The van der Waals surface area contributed by atoms with Crippen molar-refractivity contribution in [2.75, 3.05) is 18.8 Å². The molecule has 0 aromatic carbocycles. The molecule has 0 radical (unpaired) electrons. The summed E-state index contributed by atoms with van der Waals surface area (Å²) in [4.78, 5) is 25.3. The minimum atomic E-state index is -1.09. The average Bonchev–Trinajstić information content (AvgIpc) is 2.90. The van der Waals surface area contributed by atoms with E-state index in [-0.39, 0.29) is 6.03 Å². The van der Waals surface area contributed by atoms with E-state index < -0.39 is 12.0 Å². The fourth-order valence-electron chi connectivity index (χ4n) is 2.24. The number of nitrogens with zero attached hydrogens (tertiary/aromatic N) is 3. The van der Waals surface area contributed by atoms with Gasteiger partial charge in [-0.2, -0.15) is 16.9 Å². The van der Waals surface area contributed by atoms with E-state index in [1.807, 2.05) is 11.8 Å². The van der Waals surface area contributed by atoms with E-state index in [4.69, 9.17) is 0 Å². The van der Waals surface area contributed by atoms with E-state index in [1.165, 1.54) is 10.9 Å². The van der Waals surface area contributed by atoms with Crippen molar-refractivity contribution in [3.05, 3.63) is 18.0 Å². The Balaban J connectivity index is 2.03. The Labute approximate surface area is 127 Å². The van der Waals surface area contributed by atoms with Crippen molar-refractivity contribution in [1.82, 2.24) is 20.0 Å².